The molecule has 12 heteroatoms. The predicted octanol–water partition coefficient (Wildman–Crippen LogP) is 2.27. The Bertz CT molecular complexity index is 1290. The van der Waals surface area contributed by atoms with Gasteiger partial charge in [0.05, 0.1) is 22.6 Å². The minimum absolute atomic E-state index is 0.0818. The zero-order chi connectivity index (χ0) is 24.9. The number of fused-ring (bicyclic) bond motifs is 1. The molecule has 34 heavy (non-hydrogen) atoms. The number of hydrogen-bond acceptors (Lipinski definition) is 6. The summed E-state index contributed by atoms with van der Waals surface area (Å²) in [5, 5.41) is 11.8. The number of anilines is 1. The standard InChI is InChI=1S/C22H28FN5O6/c1-11-16-14(18(29)28(25-19(30)31)21(33)27(16)13-5-6-13)9-15(23)17(11)26-8-7-12(10-26)24-20(32)34-22(2,3)4/h9,12-13,25H,5-8,10H2,1-4H3,(H,24,32)(H,30,31). The van der Waals surface area contributed by atoms with Gasteiger partial charge in [0.2, 0.25) is 0 Å². The summed E-state index contributed by atoms with van der Waals surface area (Å²) >= 11 is 0. The SMILES string of the molecule is Cc1c(N2CCC(NC(=O)OC(C)(C)C)C2)c(F)cc2c(=O)n(NC(=O)O)c(=O)n(C3CC3)c12. The molecule has 1 saturated heterocycles. The van der Waals surface area contributed by atoms with Crippen molar-refractivity contribution >= 4 is 28.8 Å². The van der Waals surface area contributed by atoms with Gasteiger partial charge in [-0.1, -0.05) is 0 Å². The van der Waals surface area contributed by atoms with E-state index in [9.17, 15) is 19.2 Å². The largest absolute Gasteiger partial charge is 0.464 e. The maximum absolute atomic E-state index is 15.3. The third kappa shape index (κ3) is 4.44. The molecule has 1 unspecified atom stereocenters. The second-order valence-electron chi connectivity index (χ2n) is 9.75. The van der Waals surface area contributed by atoms with E-state index in [1.54, 1.807) is 32.6 Å². The molecule has 2 heterocycles. The van der Waals surface area contributed by atoms with Crippen LogP contribution < -0.4 is 26.9 Å². The molecule has 2 fully saturated rings. The molecule has 4 rings (SSSR count). The normalized spacial score (nSPS) is 18.3. The first-order valence-corrected chi connectivity index (χ1v) is 11.1. The minimum atomic E-state index is -1.57. The van der Waals surface area contributed by atoms with Crippen molar-refractivity contribution in [2.45, 2.75) is 64.6 Å². The van der Waals surface area contributed by atoms with E-state index in [1.807, 2.05) is 5.43 Å². The summed E-state index contributed by atoms with van der Waals surface area (Å²) in [5.41, 5.74) is 0.378. The Hall–Kier alpha value is -3.57. The molecule has 2 aromatic rings. The molecule has 1 aliphatic heterocycles. The number of halogens is 1. The van der Waals surface area contributed by atoms with Crippen molar-refractivity contribution in [3.8, 4) is 0 Å². The Morgan fingerprint density at radius 2 is 1.88 bits per heavy atom. The average Bonchev–Trinajstić information content (AvgIpc) is 3.44. The summed E-state index contributed by atoms with van der Waals surface area (Å²) in [6.45, 7) is 7.72. The molecule has 184 valence electrons. The highest BCUT2D eigenvalue weighted by atomic mass is 19.1. The van der Waals surface area contributed by atoms with Crippen molar-refractivity contribution in [2.24, 2.45) is 0 Å². The number of carbonyl (C=O) groups excluding carboxylic acids is 1. The lowest BCUT2D eigenvalue weighted by molar-refractivity contribution is 0.0509. The molecule has 1 aromatic carbocycles. The first-order valence-electron chi connectivity index (χ1n) is 11.1. The van der Waals surface area contributed by atoms with E-state index in [0.717, 1.165) is 6.07 Å². The molecular weight excluding hydrogens is 449 g/mol. The molecule has 11 nitrogen and oxygen atoms in total. The third-order valence-corrected chi connectivity index (χ3v) is 5.88. The van der Waals surface area contributed by atoms with Gasteiger partial charge in [-0.05, 0) is 53.0 Å². The van der Waals surface area contributed by atoms with Gasteiger partial charge in [-0.2, -0.15) is 4.68 Å². The smallest absolute Gasteiger partial charge is 0.424 e. The third-order valence-electron chi connectivity index (χ3n) is 5.88. The van der Waals surface area contributed by atoms with Crippen LogP contribution in [0.1, 0.15) is 51.6 Å². The minimum Gasteiger partial charge on any atom is -0.464 e. The number of carboxylic acid groups (broad SMARTS) is 1. The number of benzene rings is 1. The van der Waals surface area contributed by atoms with Crippen molar-refractivity contribution < 1.29 is 23.8 Å². The number of rotatable bonds is 4. The molecule has 0 bridgehead atoms. The van der Waals surface area contributed by atoms with E-state index < -0.39 is 34.9 Å². The predicted molar refractivity (Wildman–Crippen MR) is 123 cm³/mol. The molecule has 2 amide bonds. The number of aryl methyl sites for hydroxylation is 1. The fourth-order valence-electron chi connectivity index (χ4n) is 4.45. The number of ether oxygens (including phenoxy) is 1. The highest BCUT2D eigenvalue weighted by molar-refractivity contribution is 5.88. The molecule has 0 spiro atoms. The van der Waals surface area contributed by atoms with Crippen molar-refractivity contribution in [1.82, 2.24) is 14.6 Å². The van der Waals surface area contributed by atoms with Gasteiger partial charge >= 0.3 is 17.9 Å². The highest BCUT2D eigenvalue weighted by Crippen LogP contribution is 2.39. The van der Waals surface area contributed by atoms with Crippen molar-refractivity contribution in [2.75, 3.05) is 23.4 Å². The van der Waals surface area contributed by atoms with Gasteiger partial charge in [0.25, 0.3) is 5.56 Å². The van der Waals surface area contributed by atoms with E-state index in [0.29, 0.717) is 48.1 Å². The molecule has 1 saturated carbocycles. The summed E-state index contributed by atoms with van der Waals surface area (Å²) in [6, 6.07) is 0.588. The molecule has 1 aliphatic carbocycles. The summed E-state index contributed by atoms with van der Waals surface area (Å²) < 4.78 is 22.4. The number of amides is 2. The average molecular weight is 477 g/mol. The van der Waals surface area contributed by atoms with E-state index in [2.05, 4.69) is 5.32 Å². The van der Waals surface area contributed by atoms with Crippen LogP contribution in [0.4, 0.5) is 19.7 Å². The number of alkyl carbamates (subject to hydrolysis) is 1. The van der Waals surface area contributed by atoms with E-state index >= 15 is 4.39 Å². The van der Waals surface area contributed by atoms with Gasteiger partial charge in [-0.15, -0.1) is 0 Å². The Kier molecular flexibility index (Phi) is 5.78. The number of carbonyl (C=O) groups is 2. The van der Waals surface area contributed by atoms with E-state index in [-0.39, 0.29) is 23.2 Å². The maximum Gasteiger partial charge on any atom is 0.424 e. The summed E-state index contributed by atoms with van der Waals surface area (Å²) in [7, 11) is 0. The Morgan fingerprint density at radius 1 is 1.21 bits per heavy atom. The van der Waals surface area contributed by atoms with E-state index in [4.69, 9.17) is 9.84 Å². The summed E-state index contributed by atoms with van der Waals surface area (Å²) in [5.74, 6) is -0.664. The van der Waals surface area contributed by atoms with Crippen LogP contribution in [0.5, 0.6) is 0 Å². The summed E-state index contributed by atoms with van der Waals surface area (Å²) in [4.78, 5) is 50.9. The van der Waals surface area contributed by atoms with Crippen LogP contribution in [0.25, 0.3) is 10.9 Å². The lowest BCUT2D eigenvalue weighted by atomic mass is 10.1. The second kappa shape index (κ2) is 8.33. The quantitative estimate of drug-likeness (QED) is 0.615. The van der Waals surface area contributed by atoms with Crippen LogP contribution in [-0.4, -0.2) is 51.3 Å². The monoisotopic (exact) mass is 477 g/mol. The van der Waals surface area contributed by atoms with Gasteiger partial charge in [0.15, 0.2) is 0 Å². The molecule has 3 N–H and O–H groups in total. The highest BCUT2D eigenvalue weighted by Gasteiger charge is 2.33. The van der Waals surface area contributed by atoms with Crippen molar-refractivity contribution in [1.29, 1.82) is 0 Å². The maximum atomic E-state index is 15.3. The number of nitrogens with one attached hydrogen (secondary N) is 2. The fraction of sp³-hybridized carbons (Fsp3) is 0.545. The van der Waals surface area contributed by atoms with Gasteiger partial charge in [0.1, 0.15) is 11.4 Å². The molecule has 1 atom stereocenters. The zero-order valence-corrected chi connectivity index (χ0v) is 19.5. The van der Waals surface area contributed by atoms with Crippen LogP contribution in [0, 0.1) is 12.7 Å². The van der Waals surface area contributed by atoms with Crippen LogP contribution >= 0.6 is 0 Å². The fourth-order valence-corrected chi connectivity index (χ4v) is 4.45. The van der Waals surface area contributed by atoms with Gasteiger partial charge in [-0.25, -0.2) is 24.2 Å². The lowest BCUT2D eigenvalue weighted by Gasteiger charge is -2.25. The topological polar surface area (TPSA) is 135 Å². The first-order chi connectivity index (χ1) is 15.9. The zero-order valence-electron chi connectivity index (χ0n) is 19.5. The second-order valence-corrected chi connectivity index (χ2v) is 9.75. The van der Waals surface area contributed by atoms with Crippen LogP contribution in [-0.2, 0) is 4.74 Å². The van der Waals surface area contributed by atoms with Gasteiger partial charge in [-0.3, -0.25) is 9.36 Å². The van der Waals surface area contributed by atoms with Crippen molar-refractivity contribution in [3.05, 3.63) is 38.3 Å². The Labute approximate surface area is 194 Å². The van der Waals surface area contributed by atoms with Crippen LogP contribution in [0.15, 0.2) is 15.7 Å². The van der Waals surface area contributed by atoms with Crippen LogP contribution in [0.2, 0.25) is 0 Å². The van der Waals surface area contributed by atoms with Crippen LogP contribution in [0.3, 0.4) is 0 Å². The van der Waals surface area contributed by atoms with Gasteiger partial charge < -0.3 is 20.1 Å². The molecule has 1 aromatic heterocycles. The lowest BCUT2D eigenvalue weighted by Crippen LogP contribution is -2.46. The van der Waals surface area contributed by atoms with Crippen molar-refractivity contribution in [3.63, 3.8) is 0 Å². The first kappa shape index (κ1) is 23.6. The summed E-state index contributed by atoms with van der Waals surface area (Å²) in [6.07, 6.45) is -0.175. The Morgan fingerprint density at radius 3 is 2.47 bits per heavy atom. The number of nitrogens with zero attached hydrogens (tertiary/aromatic N) is 3. The molecule has 0 radical (unpaired) electrons. The molecule has 2 aliphatic rings. The number of aromatic nitrogens is 2. The van der Waals surface area contributed by atoms with E-state index in [1.165, 1.54) is 4.57 Å². The Balaban J connectivity index is 1.74. The molecular formula is C22H28FN5O6. The van der Waals surface area contributed by atoms with Gasteiger partial charge in [0, 0.05) is 24.7 Å². The number of hydrogen-bond donors (Lipinski definition) is 3.